The first-order valence-corrected chi connectivity index (χ1v) is 10.5. The molecule has 27 heavy (non-hydrogen) atoms. The highest BCUT2D eigenvalue weighted by molar-refractivity contribution is 7.89. The summed E-state index contributed by atoms with van der Waals surface area (Å²) in [6.07, 6.45) is 2.73. The number of carbonyl (C=O) groups is 1. The number of sulfonamides is 1. The molecule has 0 bridgehead atoms. The number of hydrogen-bond donors (Lipinski definition) is 1. The Morgan fingerprint density at radius 3 is 2.52 bits per heavy atom. The third kappa shape index (κ3) is 4.31. The highest BCUT2D eigenvalue weighted by Crippen LogP contribution is 2.25. The molecule has 1 heterocycles. The van der Waals surface area contributed by atoms with Gasteiger partial charge in [0.2, 0.25) is 10.0 Å². The van der Waals surface area contributed by atoms with Gasteiger partial charge in [0.1, 0.15) is 5.82 Å². The molecular weight excluding hydrogens is 391 g/mol. The molecule has 8 heteroatoms. The molecule has 3 rings (SSSR count). The molecular formula is C19H20ClFN2O3S. The lowest BCUT2D eigenvalue weighted by molar-refractivity contribution is 0.102. The Balaban J connectivity index is 1.76. The predicted octanol–water partition coefficient (Wildman–Crippen LogP) is 4.29. The van der Waals surface area contributed by atoms with Gasteiger partial charge in [-0.3, -0.25) is 4.79 Å². The van der Waals surface area contributed by atoms with Crippen LogP contribution in [0.3, 0.4) is 0 Å². The molecule has 0 radical (unpaired) electrons. The maximum absolute atomic E-state index is 13.2. The molecule has 1 saturated heterocycles. The van der Waals surface area contributed by atoms with E-state index in [0.717, 1.165) is 25.3 Å². The lowest BCUT2D eigenvalue weighted by Crippen LogP contribution is -2.41. The molecule has 1 atom stereocenters. The van der Waals surface area contributed by atoms with E-state index in [1.807, 2.05) is 6.92 Å². The molecule has 0 spiro atoms. The van der Waals surface area contributed by atoms with Gasteiger partial charge in [-0.2, -0.15) is 4.31 Å². The Morgan fingerprint density at radius 1 is 1.19 bits per heavy atom. The van der Waals surface area contributed by atoms with Gasteiger partial charge in [0, 0.05) is 23.8 Å². The van der Waals surface area contributed by atoms with E-state index in [9.17, 15) is 17.6 Å². The second-order valence-electron chi connectivity index (χ2n) is 6.57. The molecule has 1 N–H and O–H groups in total. The van der Waals surface area contributed by atoms with Crippen molar-refractivity contribution < 1.29 is 17.6 Å². The van der Waals surface area contributed by atoms with Crippen LogP contribution in [0.5, 0.6) is 0 Å². The summed E-state index contributed by atoms with van der Waals surface area (Å²) in [5.74, 6) is -1.01. The van der Waals surface area contributed by atoms with E-state index >= 15 is 0 Å². The Kier molecular flexibility index (Phi) is 5.83. The molecule has 1 amide bonds. The fourth-order valence-electron chi connectivity index (χ4n) is 3.12. The zero-order valence-corrected chi connectivity index (χ0v) is 16.4. The third-order valence-corrected chi connectivity index (χ3v) is 6.96. The Labute approximate surface area is 163 Å². The van der Waals surface area contributed by atoms with Crippen LogP contribution in [0.2, 0.25) is 5.02 Å². The van der Waals surface area contributed by atoms with Gasteiger partial charge < -0.3 is 5.32 Å². The molecule has 2 aromatic rings. The summed E-state index contributed by atoms with van der Waals surface area (Å²) in [6.45, 7) is 2.42. The lowest BCUT2D eigenvalue weighted by atomic mass is 10.1. The van der Waals surface area contributed by atoms with Crippen molar-refractivity contribution in [3.05, 3.63) is 58.9 Å². The first-order valence-electron chi connectivity index (χ1n) is 8.67. The molecule has 0 aromatic heterocycles. The van der Waals surface area contributed by atoms with Crippen molar-refractivity contribution in [2.24, 2.45) is 0 Å². The second-order valence-corrected chi connectivity index (χ2v) is 8.87. The van der Waals surface area contributed by atoms with Gasteiger partial charge in [0.25, 0.3) is 5.91 Å². The van der Waals surface area contributed by atoms with Crippen molar-refractivity contribution in [2.75, 3.05) is 11.9 Å². The molecule has 1 aliphatic heterocycles. The van der Waals surface area contributed by atoms with E-state index in [0.29, 0.717) is 17.8 Å². The Morgan fingerprint density at radius 2 is 1.89 bits per heavy atom. The minimum Gasteiger partial charge on any atom is -0.322 e. The van der Waals surface area contributed by atoms with Crippen LogP contribution < -0.4 is 5.32 Å². The highest BCUT2D eigenvalue weighted by Gasteiger charge is 2.30. The normalized spacial score (nSPS) is 18.3. The van der Waals surface area contributed by atoms with Gasteiger partial charge in [0.05, 0.1) is 9.92 Å². The molecule has 0 unspecified atom stereocenters. The lowest BCUT2D eigenvalue weighted by Gasteiger charge is -2.32. The molecule has 1 aliphatic rings. The van der Waals surface area contributed by atoms with Crippen LogP contribution in [0, 0.1) is 5.82 Å². The fraction of sp³-hybridized carbons (Fsp3) is 0.316. The summed E-state index contributed by atoms with van der Waals surface area (Å²) < 4.78 is 40.3. The van der Waals surface area contributed by atoms with Crippen LogP contribution in [0.4, 0.5) is 10.1 Å². The quantitative estimate of drug-likeness (QED) is 0.817. The number of hydrogen-bond acceptors (Lipinski definition) is 3. The molecule has 0 saturated carbocycles. The smallest absolute Gasteiger partial charge is 0.255 e. The van der Waals surface area contributed by atoms with Crippen LogP contribution in [-0.2, 0) is 10.0 Å². The monoisotopic (exact) mass is 410 g/mol. The van der Waals surface area contributed by atoms with E-state index < -0.39 is 21.7 Å². The molecule has 2 aromatic carbocycles. The molecule has 1 fully saturated rings. The number of halogens is 2. The number of nitrogens with one attached hydrogen (secondary N) is 1. The highest BCUT2D eigenvalue weighted by atomic mass is 35.5. The van der Waals surface area contributed by atoms with Crippen LogP contribution in [-0.4, -0.2) is 31.2 Å². The van der Waals surface area contributed by atoms with Crippen molar-refractivity contribution in [3.63, 3.8) is 0 Å². The Bertz CT molecular complexity index is 948. The summed E-state index contributed by atoms with van der Waals surface area (Å²) in [7, 11) is -3.58. The molecule has 0 aliphatic carbocycles. The average molecular weight is 411 g/mol. The van der Waals surface area contributed by atoms with Crippen molar-refractivity contribution in [3.8, 4) is 0 Å². The first kappa shape index (κ1) is 19.8. The van der Waals surface area contributed by atoms with Gasteiger partial charge in [-0.25, -0.2) is 12.8 Å². The maximum Gasteiger partial charge on any atom is 0.255 e. The summed E-state index contributed by atoms with van der Waals surface area (Å²) in [5, 5.41) is 2.51. The van der Waals surface area contributed by atoms with Gasteiger partial charge >= 0.3 is 0 Å². The van der Waals surface area contributed by atoms with Crippen LogP contribution in [0.1, 0.15) is 36.5 Å². The summed E-state index contributed by atoms with van der Waals surface area (Å²) in [6, 6.07) is 9.63. The molecule has 144 valence electrons. The molecule has 5 nitrogen and oxygen atoms in total. The van der Waals surface area contributed by atoms with E-state index in [-0.39, 0.29) is 16.0 Å². The first-order chi connectivity index (χ1) is 12.8. The van der Waals surface area contributed by atoms with Crippen molar-refractivity contribution >= 4 is 33.2 Å². The third-order valence-electron chi connectivity index (χ3n) is 4.64. The predicted molar refractivity (Wildman–Crippen MR) is 103 cm³/mol. The number of piperidine rings is 1. The van der Waals surface area contributed by atoms with Gasteiger partial charge in [0.15, 0.2) is 0 Å². The number of nitrogens with zero attached hydrogens (tertiary/aromatic N) is 1. The summed E-state index contributed by atoms with van der Waals surface area (Å²) in [5.41, 5.74) is 0.645. The van der Waals surface area contributed by atoms with Gasteiger partial charge in [-0.05, 0) is 62.2 Å². The van der Waals surface area contributed by atoms with E-state index in [4.69, 9.17) is 11.6 Å². The topological polar surface area (TPSA) is 66.5 Å². The Hall–Kier alpha value is -1.96. The average Bonchev–Trinajstić information content (AvgIpc) is 2.65. The van der Waals surface area contributed by atoms with E-state index in [1.54, 1.807) is 0 Å². The SMILES string of the molecule is C[C@H]1CCCCN1S(=O)(=O)c1ccc(C(=O)Nc2ccc(F)c(Cl)c2)cc1. The zero-order chi connectivity index (χ0) is 19.6. The minimum absolute atomic E-state index is 0.0325. The van der Waals surface area contributed by atoms with E-state index in [1.165, 1.54) is 40.7 Å². The van der Waals surface area contributed by atoms with Crippen molar-refractivity contribution in [2.45, 2.75) is 37.1 Å². The number of carbonyl (C=O) groups excluding carboxylic acids is 1. The standard InChI is InChI=1S/C19H20ClFN2O3S/c1-13-4-2-3-11-23(13)27(25,26)16-8-5-14(6-9-16)19(24)22-15-7-10-18(21)17(20)12-15/h5-10,12-13H,2-4,11H2,1H3,(H,22,24)/t13-/m0/s1. The minimum atomic E-state index is -3.58. The maximum atomic E-state index is 13.2. The van der Waals surface area contributed by atoms with Crippen molar-refractivity contribution in [1.82, 2.24) is 4.31 Å². The van der Waals surface area contributed by atoms with Crippen molar-refractivity contribution in [1.29, 1.82) is 0 Å². The number of anilines is 1. The number of benzene rings is 2. The summed E-state index contributed by atoms with van der Waals surface area (Å²) in [4.78, 5) is 12.5. The van der Waals surface area contributed by atoms with Crippen LogP contribution in [0.25, 0.3) is 0 Å². The number of rotatable bonds is 4. The van der Waals surface area contributed by atoms with Gasteiger partial charge in [-0.15, -0.1) is 0 Å². The number of amides is 1. The second kappa shape index (κ2) is 7.96. The van der Waals surface area contributed by atoms with Crippen LogP contribution in [0.15, 0.2) is 47.4 Å². The largest absolute Gasteiger partial charge is 0.322 e. The van der Waals surface area contributed by atoms with Gasteiger partial charge in [-0.1, -0.05) is 18.0 Å². The zero-order valence-electron chi connectivity index (χ0n) is 14.8. The fourth-order valence-corrected chi connectivity index (χ4v) is 5.00. The summed E-state index contributed by atoms with van der Waals surface area (Å²) >= 11 is 5.70. The van der Waals surface area contributed by atoms with Crippen LogP contribution >= 0.6 is 11.6 Å². The van der Waals surface area contributed by atoms with E-state index in [2.05, 4.69) is 5.32 Å².